The quantitative estimate of drug-likeness (QED) is 0.774. The van der Waals surface area contributed by atoms with E-state index in [4.69, 9.17) is 10.5 Å². The average Bonchev–Trinajstić information content (AvgIpc) is 2.82. The van der Waals surface area contributed by atoms with E-state index in [0.717, 1.165) is 24.6 Å². The highest BCUT2D eigenvalue weighted by Crippen LogP contribution is 2.29. The Morgan fingerprint density at radius 3 is 2.86 bits per heavy atom. The molecule has 7 heteroatoms. The van der Waals surface area contributed by atoms with E-state index in [2.05, 4.69) is 15.6 Å². The fourth-order valence-electron chi connectivity index (χ4n) is 2.54. The summed E-state index contributed by atoms with van der Waals surface area (Å²) in [7, 11) is 0. The molecule has 116 valence electrons. The summed E-state index contributed by atoms with van der Waals surface area (Å²) in [4.78, 5) is 16.9. The number of aromatic nitrogens is 1. The van der Waals surface area contributed by atoms with Crippen LogP contribution in [0.2, 0.25) is 0 Å². The number of nitrogen functional groups attached to an aromatic ring is 1. The second kappa shape index (κ2) is 6.62. The van der Waals surface area contributed by atoms with Crippen molar-refractivity contribution in [2.45, 2.75) is 50.7 Å². The molecule has 1 aromatic rings. The molecule has 21 heavy (non-hydrogen) atoms. The van der Waals surface area contributed by atoms with E-state index in [9.17, 15) is 4.79 Å². The third-order valence-corrected chi connectivity index (χ3v) is 5.06. The molecule has 1 unspecified atom stereocenters. The van der Waals surface area contributed by atoms with E-state index in [1.165, 1.54) is 37.0 Å². The van der Waals surface area contributed by atoms with Gasteiger partial charge in [0.2, 0.25) is 0 Å². The van der Waals surface area contributed by atoms with Crippen LogP contribution < -0.4 is 16.4 Å². The van der Waals surface area contributed by atoms with Crippen molar-refractivity contribution in [3.05, 3.63) is 4.88 Å². The summed E-state index contributed by atoms with van der Waals surface area (Å²) in [5.41, 5.74) is 5.85. The molecule has 2 fully saturated rings. The molecule has 6 nitrogen and oxygen atoms in total. The van der Waals surface area contributed by atoms with Crippen LogP contribution in [0.15, 0.2) is 0 Å². The van der Waals surface area contributed by atoms with Crippen LogP contribution in [-0.2, 0) is 4.74 Å². The molecule has 2 heterocycles. The monoisotopic (exact) mass is 310 g/mol. The maximum atomic E-state index is 12.2. The first-order valence-electron chi connectivity index (χ1n) is 7.65. The lowest BCUT2D eigenvalue weighted by molar-refractivity contribution is 0.0169. The van der Waals surface area contributed by atoms with Crippen molar-refractivity contribution in [2.24, 2.45) is 0 Å². The van der Waals surface area contributed by atoms with Crippen LogP contribution in [0.3, 0.4) is 0 Å². The van der Waals surface area contributed by atoms with Crippen molar-refractivity contribution >= 4 is 28.2 Å². The van der Waals surface area contributed by atoms with Gasteiger partial charge in [-0.2, -0.15) is 0 Å². The van der Waals surface area contributed by atoms with Gasteiger partial charge in [0.25, 0.3) is 5.91 Å². The number of nitrogens with two attached hydrogens (primary N) is 1. The number of amides is 1. The van der Waals surface area contributed by atoms with Gasteiger partial charge in [-0.1, -0.05) is 11.3 Å². The number of anilines is 2. The highest BCUT2D eigenvalue weighted by Gasteiger charge is 2.22. The molecule has 1 aliphatic heterocycles. The first-order valence-corrected chi connectivity index (χ1v) is 8.46. The van der Waals surface area contributed by atoms with Crippen LogP contribution in [0.5, 0.6) is 0 Å². The molecule has 1 aliphatic carbocycles. The van der Waals surface area contributed by atoms with E-state index < -0.39 is 0 Å². The van der Waals surface area contributed by atoms with Crippen molar-refractivity contribution < 1.29 is 9.53 Å². The van der Waals surface area contributed by atoms with Gasteiger partial charge in [-0.3, -0.25) is 4.79 Å². The molecular weight excluding hydrogens is 288 g/mol. The minimum Gasteiger partial charge on any atom is -0.382 e. The van der Waals surface area contributed by atoms with Gasteiger partial charge < -0.3 is 21.1 Å². The number of carbonyl (C=O) groups is 1. The third kappa shape index (κ3) is 3.65. The van der Waals surface area contributed by atoms with Crippen molar-refractivity contribution in [1.82, 2.24) is 10.3 Å². The summed E-state index contributed by atoms with van der Waals surface area (Å²) in [6.45, 7) is 1.33. The van der Waals surface area contributed by atoms with Gasteiger partial charge in [-0.05, 0) is 38.5 Å². The van der Waals surface area contributed by atoms with Crippen LogP contribution in [0.4, 0.5) is 10.9 Å². The fourth-order valence-corrected chi connectivity index (χ4v) is 3.42. The van der Waals surface area contributed by atoms with Crippen molar-refractivity contribution in [1.29, 1.82) is 0 Å². The number of hydrogen-bond acceptors (Lipinski definition) is 6. The Morgan fingerprint density at radius 2 is 2.19 bits per heavy atom. The van der Waals surface area contributed by atoms with Crippen LogP contribution in [0.1, 0.15) is 48.2 Å². The number of thiazole rings is 1. The summed E-state index contributed by atoms with van der Waals surface area (Å²) in [5, 5.41) is 6.97. The number of ether oxygens (including phenoxy) is 1. The molecule has 0 bridgehead atoms. The van der Waals surface area contributed by atoms with Crippen LogP contribution >= 0.6 is 11.3 Å². The van der Waals surface area contributed by atoms with E-state index >= 15 is 0 Å². The molecule has 1 amide bonds. The first kappa shape index (κ1) is 14.6. The largest absolute Gasteiger partial charge is 0.382 e. The summed E-state index contributed by atoms with van der Waals surface area (Å²) in [6, 6.07) is 0.488. The number of hydrogen-bond donors (Lipinski definition) is 3. The zero-order valence-corrected chi connectivity index (χ0v) is 12.9. The molecule has 4 N–H and O–H groups in total. The molecule has 1 saturated heterocycles. The highest BCUT2D eigenvalue weighted by atomic mass is 32.1. The fraction of sp³-hybridized carbons (Fsp3) is 0.714. The van der Waals surface area contributed by atoms with Gasteiger partial charge in [0.15, 0.2) is 5.13 Å². The van der Waals surface area contributed by atoms with Gasteiger partial charge >= 0.3 is 0 Å². The van der Waals surface area contributed by atoms with E-state index in [1.54, 1.807) is 0 Å². The smallest absolute Gasteiger partial charge is 0.265 e. The summed E-state index contributed by atoms with van der Waals surface area (Å²) in [5.74, 6) is 0.157. The van der Waals surface area contributed by atoms with Gasteiger partial charge in [-0.15, -0.1) is 0 Å². The Balaban J connectivity index is 1.53. The molecule has 0 spiro atoms. The Morgan fingerprint density at radius 1 is 1.33 bits per heavy atom. The summed E-state index contributed by atoms with van der Waals surface area (Å²) < 4.78 is 5.60. The third-order valence-electron chi connectivity index (χ3n) is 4.06. The minimum atomic E-state index is -0.152. The number of nitrogens with zero attached hydrogens (tertiary/aromatic N) is 1. The Kier molecular flexibility index (Phi) is 4.60. The number of nitrogens with one attached hydrogen (secondary N) is 2. The molecular formula is C14H22N4O2S. The number of rotatable bonds is 5. The lowest BCUT2D eigenvalue weighted by atomic mass is 9.93. The zero-order chi connectivity index (χ0) is 14.7. The summed E-state index contributed by atoms with van der Waals surface area (Å²) >= 11 is 1.33. The Labute approximate surface area is 128 Å². The molecule has 1 atom stereocenters. The maximum Gasteiger partial charge on any atom is 0.265 e. The van der Waals surface area contributed by atoms with Gasteiger partial charge in [0, 0.05) is 19.2 Å². The topological polar surface area (TPSA) is 89.3 Å². The second-order valence-electron chi connectivity index (χ2n) is 5.70. The normalized spacial score (nSPS) is 22.6. The molecule has 1 aromatic heterocycles. The van der Waals surface area contributed by atoms with Crippen molar-refractivity contribution in [3.8, 4) is 0 Å². The summed E-state index contributed by atoms with van der Waals surface area (Å²) in [6.07, 6.45) is 7.01. The molecule has 2 aliphatic rings. The predicted octanol–water partition coefficient (Wildman–Crippen LogP) is 1.99. The van der Waals surface area contributed by atoms with E-state index in [0.29, 0.717) is 23.3 Å². The molecule has 0 aromatic carbocycles. The van der Waals surface area contributed by atoms with Crippen LogP contribution in [0.25, 0.3) is 0 Å². The molecule has 3 rings (SSSR count). The maximum absolute atomic E-state index is 12.2. The van der Waals surface area contributed by atoms with E-state index in [-0.39, 0.29) is 12.0 Å². The van der Waals surface area contributed by atoms with Crippen molar-refractivity contribution in [3.63, 3.8) is 0 Å². The van der Waals surface area contributed by atoms with Gasteiger partial charge in [0.05, 0.1) is 6.10 Å². The van der Waals surface area contributed by atoms with Crippen LogP contribution in [-0.4, -0.2) is 36.2 Å². The Bertz CT molecular complexity index is 495. The average molecular weight is 310 g/mol. The molecule has 1 saturated carbocycles. The highest BCUT2D eigenvalue weighted by molar-refractivity contribution is 7.18. The Hall–Kier alpha value is -1.34. The van der Waals surface area contributed by atoms with Crippen molar-refractivity contribution in [2.75, 3.05) is 24.2 Å². The standard InChI is InChI=1S/C14H22N4O2S/c15-12-11(21-14(18-12)17-9-4-3-5-9)13(19)16-8-10-6-1-2-7-20-10/h9-10H,1-8,15H2,(H,16,19)(H,17,18). The lowest BCUT2D eigenvalue weighted by Gasteiger charge is -2.25. The lowest BCUT2D eigenvalue weighted by Crippen LogP contribution is -2.35. The second-order valence-corrected chi connectivity index (χ2v) is 6.70. The van der Waals surface area contributed by atoms with Gasteiger partial charge in [0.1, 0.15) is 10.7 Å². The van der Waals surface area contributed by atoms with Gasteiger partial charge in [-0.25, -0.2) is 4.98 Å². The first-order chi connectivity index (χ1) is 10.2. The predicted molar refractivity (Wildman–Crippen MR) is 83.7 cm³/mol. The SMILES string of the molecule is Nc1nc(NC2CCC2)sc1C(=O)NCC1CCCCO1. The minimum absolute atomic E-state index is 0.129. The van der Waals surface area contributed by atoms with Crippen LogP contribution in [0, 0.1) is 0 Å². The molecule has 0 radical (unpaired) electrons. The van der Waals surface area contributed by atoms with E-state index in [1.807, 2.05) is 0 Å². The zero-order valence-electron chi connectivity index (χ0n) is 12.1. The number of carbonyl (C=O) groups excluding carboxylic acids is 1.